The Morgan fingerprint density at radius 1 is 1.23 bits per heavy atom. The van der Waals surface area contributed by atoms with E-state index in [1.54, 1.807) is 0 Å². The van der Waals surface area contributed by atoms with Crippen molar-refractivity contribution in [2.45, 2.75) is 58.6 Å². The van der Waals surface area contributed by atoms with Gasteiger partial charge in [-0.1, -0.05) is 37.3 Å². The first-order valence-corrected chi connectivity index (χ1v) is 8.15. The van der Waals surface area contributed by atoms with Gasteiger partial charge in [-0.3, -0.25) is 0 Å². The van der Waals surface area contributed by atoms with Crippen LogP contribution in [0.3, 0.4) is 0 Å². The maximum Gasteiger partial charge on any atom is 0.407 e. The topological polar surface area (TPSA) is 50.4 Å². The lowest BCUT2D eigenvalue weighted by atomic mass is 10.1. The molecule has 0 saturated carbocycles. The summed E-state index contributed by atoms with van der Waals surface area (Å²) in [6.07, 6.45) is 2.70. The first kappa shape index (κ1) is 18.5. The molecule has 1 atom stereocenters. The quantitative estimate of drug-likeness (QED) is 0.723. The fourth-order valence-electron chi connectivity index (χ4n) is 2.11. The van der Waals surface area contributed by atoms with Gasteiger partial charge in [-0.2, -0.15) is 0 Å². The maximum absolute atomic E-state index is 11.7. The molecule has 0 aliphatic rings. The van der Waals surface area contributed by atoms with Crippen molar-refractivity contribution >= 4 is 6.09 Å². The van der Waals surface area contributed by atoms with Crippen LogP contribution in [0.1, 0.15) is 46.1 Å². The highest BCUT2D eigenvalue weighted by molar-refractivity contribution is 5.68. The third kappa shape index (κ3) is 8.67. The lowest BCUT2D eigenvalue weighted by Crippen LogP contribution is -2.44. The normalized spacial score (nSPS) is 12.7. The molecule has 22 heavy (non-hydrogen) atoms. The molecule has 1 unspecified atom stereocenters. The zero-order valence-corrected chi connectivity index (χ0v) is 14.3. The SMILES string of the molecule is CCC(CNCCCc1ccccc1)NC(=O)OC(C)(C)C. The zero-order valence-electron chi connectivity index (χ0n) is 14.3. The molecule has 0 radical (unpaired) electrons. The predicted molar refractivity (Wildman–Crippen MR) is 91.1 cm³/mol. The molecule has 0 aliphatic heterocycles. The van der Waals surface area contributed by atoms with Crippen LogP contribution in [0.2, 0.25) is 0 Å². The number of alkyl carbamates (subject to hydrolysis) is 1. The molecule has 4 heteroatoms. The molecule has 0 bridgehead atoms. The smallest absolute Gasteiger partial charge is 0.407 e. The summed E-state index contributed by atoms with van der Waals surface area (Å²) in [6, 6.07) is 10.6. The summed E-state index contributed by atoms with van der Waals surface area (Å²) in [4.78, 5) is 11.7. The van der Waals surface area contributed by atoms with E-state index in [0.717, 1.165) is 32.4 Å². The molecule has 0 spiro atoms. The second-order valence-corrected chi connectivity index (χ2v) is 6.54. The number of benzene rings is 1. The molecule has 1 aromatic carbocycles. The van der Waals surface area contributed by atoms with Gasteiger partial charge in [-0.15, -0.1) is 0 Å². The van der Waals surface area contributed by atoms with Crippen LogP contribution in [-0.2, 0) is 11.2 Å². The van der Waals surface area contributed by atoms with E-state index in [0.29, 0.717) is 0 Å². The summed E-state index contributed by atoms with van der Waals surface area (Å²) in [6.45, 7) is 9.39. The number of hydrogen-bond acceptors (Lipinski definition) is 3. The second kappa shape index (κ2) is 9.46. The van der Waals surface area contributed by atoms with Gasteiger partial charge in [0, 0.05) is 12.6 Å². The Balaban J connectivity index is 2.17. The van der Waals surface area contributed by atoms with Crippen molar-refractivity contribution in [3.8, 4) is 0 Å². The van der Waals surface area contributed by atoms with Gasteiger partial charge in [0.1, 0.15) is 5.60 Å². The Morgan fingerprint density at radius 2 is 1.91 bits per heavy atom. The van der Waals surface area contributed by atoms with Crippen molar-refractivity contribution in [3.05, 3.63) is 35.9 Å². The third-order valence-corrected chi connectivity index (χ3v) is 3.27. The molecule has 1 amide bonds. The highest BCUT2D eigenvalue weighted by Gasteiger charge is 2.18. The van der Waals surface area contributed by atoms with Crippen LogP contribution in [0.15, 0.2) is 30.3 Å². The van der Waals surface area contributed by atoms with Gasteiger partial charge < -0.3 is 15.4 Å². The van der Waals surface area contributed by atoms with Gasteiger partial charge >= 0.3 is 6.09 Å². The van der Waals surface area contributed by atoms with Crippen molar-refractivity contribution in [1.82, 2.24) is 10.6 Å². The van der Waals surface area contributed by atoms with E-state index in [1.165, 1.54) is 5.56 Å². The van der Waals surface area contributed by atoms with Crippen LogP contribution in [0, 0.1) is 0 Å². The van der Waals surface area contributed by atoms with Crippen LogP contribution in [0.5, 0.6) is 0 Å². The predicted octanol–water partition coefficient (Wildman–Crippen LogP) is 3.51. The number of hydrogen-bond donors (Lipinski definition) is 2. The Labute approximate surface area is 134 Å². The Hall–Kier alpha value is -1.55. The van der Waals surface area contributed by atoms with E-state index in [2.05, 4.69) is 41.8 Å². The first-order valence-electron chi connectivity index (χ1n) is 8.15. The summed E-state index contributed by atoms with van der Waals surface area (Å²) in [5.41, 5.74) is 0.911. The summed E-state index contributed by atoms with van der Waals surface area (Å²) >= 11 is 0. The standard InChI is InChI=1S/C18H30N2O2/c1-5-16(20-17(21)22-18(2,3)4)14-19-13-9-12-15-10-7-6-8-11-15/h6-8,10-11,16,19H,5,9,12-14H2,1-4H3,(H,20,21). The minimum atomic E-state index is -0.453. The molecular formula is C18H30N2O2. The largest absolute Gasteiger partial charge is 0.444 e. The van der Waals surface area contributed by atoms with Crippen LogP contribution in [0.25, 0.3) is 0 Å². The van der Waals surface area contributed by atoms with Crippen LogP contribution in [0.4, 0.5) is 4.79 Å². The minimum Gasteiger partial charge on any atom is -0.444 e. The van der Waals surface area contributed by atoms with Crippen molar-refractivity contribution < 1.29 is 9.53 Å². The molecule has 2 N–H and O–H groups in total. The maximum atomic E-state index is 11.7. The molecule has 1 aromatic rings. The van der Waals surface area contributed by atoms with E-state index in [9.17, 15) is 4.79 Å². The monoisotopic (exact) mass is 306 g/mol. The van der Waals surface area contributed by atoms with Gasteiger partial charge in [0.2, 0.25) is 0 Å². The molecule has 124 valence electrons. The number of carbonyl (C=O) groups excluding carboxylic acids is 1. The summed E-state index contributed by atoms with van der Waals surface area (Å²) < 4.78 is 5.28. The van der Waals surface area contributed by atoms with E-state index >= 15 is 0 Å². The Morgan fingerprint density at radius 3 is 2.50 bits per heavy atom. The van der Waals surface area contributed by atoms with Gasteiger partial charge in [0.15, 0.2) is 0 Å². The van der Waals surface area contributed by atoms with Crippen molar-refractivity contribution in [2.75, 3.05) is 13.1 Å². The number of rotatable bonds is 8. The van der Waals surface area contributed by atoms with Crippen LogP contribution in [-0.4, -0.2) is 30.8 Å². The average Bonchev–Trinajstić information content (AvgIpc) is 2.44. The van der Waals surface area contributed by atoms with E-state index in [1.807, 2.05) is 26.8 Å². The highest BCUT2D eigenvalue weighted by Crippen LogP contribution is 2.07. The highest BCUT2D eigenvalue weighted by atomic mass is 16.6. The Kier molecular flexibility index (Phi) is 7.96. The van der Waals surface area contributed by atoms with Crippen molar-refractivity contribution in [3.63, 3.8) is 0 Å². The van der Waals surface area contributed by atoms with Gasteiger partial charge in [0.25, 0.3) is 0 Å². The number of aryl methyl sites for hydroxylation is 1. The molecule has 1 rings (SSSR count). The number of carbonyl (C=O) groups is 1. The van der Waals surface area contributed by atoms with E-state index in [-0.39, 0.29) is 12.1 Å². The first-order chi connectivity index (χ1) is 10.4. The zero-order chi connectivity index (χ0) is 16.4. The second-order valence-electron chi connectivity index (χ2n) is 6.54. The average molecular weight is 306 g/mol. The van der Waals surface area contributed by atoms with Gasteiger partial charge in [-0.05, 0) is 52.1 Å². The molecule has 0 fully saturated rings. The van der Waals surface area contributed by atoms with Gasteiger partial charge in [-0.25, -0.2) is 4.79 Å². The number of ether oxygens (including phenoxy) is 1. The molecule has 0 saturated heterocycles. The number of nitrogens with one attached hydrogen (secondary N) is 2. The fraction of sp³-hybridized carbons (Fsp3) is 0.611. The van der Waals surface area contributed by atoms with Crippen LogP contribution < -0.4 is 10.6 Å². The molecule has 0 heterocycles. The van der Waals surface area contributed by atoms with Crippen molar-refractivity contribution in [1.29, 1.82) is 0 Å². The Bertz CT molecular complexity index is 426. The number of amides is 1. The van der Waals surface area contributed by atoms with E-state index < -0.39 is 5.60 Å². The van der Waals surface area contributed by atoms with Crippen LogP contribution >= 0.6 is 0 Å². The van der Waals surface area contributed by atoms with Crippen molar-refractivity contribution in [2.24, 2.45) is 0 Å². The summed E-state index contributed by atoms with van der Waals surface area (Å²) in [5, 5.41) is 6.31. The van der Waals surface area contributed by atoms with E-state index in [4.69, 9.17) is 4.74 Å². The van der Waals surface area contributed by atoms with Gasteiger partial charge in [0.05, 0.1) is 0 Å². The molecule has 0 aliphatic carbocycles. The summed E-state index contributed by atoms with van der Waals surface area (Å²) in [5.74, 6) is 0. The summed E-state index contributed by atoms with van der Waals surface area (Å²) in [7, 11) is 0. The fourth-order valence-corrected chi connectivity index (χ4v) is 2.11. The third-order valence-electron chi connectivity index (χ3n) is 3.27. The lowest BCUT2D eigenvalue weighted by molar-refractivity contribution is 0.0502. The lowest BCUT2D eigenvalue weighted by Gasteiger charge is -2.23. The molecular weight excluding hydrogens is 276 g/mol. The molecule has 4 nitrogen and oxygen atoms in total. The molecule has 0 aromatic heterocycles. The minimum absolute atomic E-state index is 0.103.